The average Bonchev–Trinajstić information content (AvgIpc) is 2.37. The Morgan fingerprint density at radius 1 is 1.21 bits per heavy atom. The number of rotatable bonds is 4. The van der Waals surface area contributed by atoms with Gasteiger partial charge in [-0.05, 0) is 55.3 Å². The van der Waals surface area contributed by atoms with Gasteiger partial charge in [-0.1, -0.05) is 6.92 Å². The van der Waals surface area contributed by atoms with E-state index in [1.807, 2.05) is 0 Å². The lowest BCUT2D eigenvalue weighted by Gasteiger charge is -2.63. The Hall–Kier alpha value is -0.660. The number of sulfonamides is 1. The van der Waals surface area contributed by atoms with E-state index in [-0.39, 0.29) is 17.4 Å². The van der Waals surface area contributed by atoms with E-state index in [1.165, 1.54) is 0 Å². The van der Waals surface area contributed by atoms with Crippen LogP contribution in [0.25, 0.3) is 0 Å². The third-order valence-corrected chi connectivity index (χ3v) is 7.93. The Morgan fingerprint density at radius 3 is 2.29 bits per heavy atom. The molecular weight excluding hydrogens is 328 g/mol. The number of amides is 1. The summed E-state index contributed by atoms with van der Waals surface area (Å²) in [6.45, 7) is 3.20. The third-order valence-electron chi connectivity index (χ3n) is 7.17. The van der Waals surface area contributed by atoms with E-state index in [2.05, 4.69) is 11.6 Å². The molecule has 24 heavy (non-hydrogen) atoms. The van der Waals surface area contributed by atoms with Crippen molar-refractivity contribution in [2.24, 2.45) is 23.2 Å². The van der Waals surface area contributed by atoms with Gasteiger partial charge in [0.05, 0.1) is 17.9 Å². The van der Waals surface area contributed by atoms with Crippen LogP contribution in [-0.4, -0.2) is 55.3 Å². The van der Waals surface area contributed by atoms with Crippen LogP contribution in [0.5, 0.6) is 0 Å². The van der Waals surface area contributed by atoms with Gasteiger partial charge in [0.15, 0.2) is 0 Å². The number of carbonyl (C=O) groups is 1. The minimum absolute atomic E-state index is 0.00438. The van der Waals surface area contributed by atoms with Gasteiger partial charge in [0.2, 0.25) is 15.9 Å². The molecule has 7 heteroatoms. The highest BCUT2D eigenvalue weighted by molar-refractivity contribution is 7.88. The van der Waals surface area contributed by atoms with Crippen LogP contribution in [0.4, 0.5) is 0 Å². The molecule has 1 amide bonds. The second kappa shape index (κ2) is 5.17. The molecule has 1 aliphatic heterocycles. The average molecular weight is 356 g/mol. The van der Waals surface area contributed by atoms with Crippen LogP contribution >= 0.6 is 0 Å². The molecule has 2 atom stereocenters. The predicted molar refractivity (Wildman–Crippen MR) is 89.6 cm³/mol. The van der Waals surface area contributed by atoms with Gasteiger partial charge in [0.1, 0.15) is 0 Å². The van der Waals surface area contributed by atoms with Gasteiger partial charge in [0, 0.05) is 19.5 Å². The van der Waals surface area contributed by atoms with Crippen molar-refractivity contribution in [1.29, 1.82) is 0 Å². The molecule has 5 rings (SSSR count). The van der Waals surface area contributed by atoms with Crippen molar-refractivity contribution in [2.75, 3.05) is 19.3 Å². The molecule has 0 aromatic carbocycles. The molecule has 0 aromatic rings. The van der Waals surface area contributed by atoms with Crippen LogP contribution in [-0.2, 0) is 14.8 Å². The van der Waals surface area contributed by atoms with E-state index < -0.39 is 15.6 Å². The smallest absolute Gasteiger partial charge is 0.223 e. The van der Waals surface area contributed by atoms with Gasteiger partial charge < -0.3 is 10.0 Å². The van der Waals surface area contributed by atoms with Crippen molar-refractivity contribution < 1.29 is 18.3 Å². The van der Waals surface area contributed by atoms with Crippen LogP contribution in [0.1, 0.15) is 45.4 Å². The largest absolute Gasteiger partial charge is 0.390 e. The van der Waals surface area contributed by atoms with Crippen LogP contribution in [0.2, 0.25) is 0 Å². The zero-order chi connectivity index (χ0) is 17.3. The van der Waals surface area contributed by atoms with E-state index in [0.717, 1.165) is 38.4 Å². The number of aliphatic hydroxyl groups is 1. The summed E-state index contributed by atoms with van der Waals surface area (Å²) < 4.78 is 25.0. The fourth-order valence-electron chi connectivity index (χ4n) is 6.06. The fraction of sp³-hybridized carbons (Fsp3) is 0.941. The second-order valence-corrected chi connectivity index (χ2v) is 10.9. The van der Waals surface area contributed by atoms with E-state index >= 15 is 0 Å². The topological polar surface area (TPSA) is 86.7 Å². The molecule has 4 bridgehead atoms. The molecule has 0 radical (unpaired) electrons. The van der Waals surface area contributed by atoms with E-state index in [4.69, 9.17) is 0 Å². The van der Waals surface area contributed by atoms with Crippen LogP contribution in [0, 0.1) is 23.2 Å². The van der Waals surface area contributed by atoms with Crippen molar-refractivity contribution in [1.82, 2.24) is 9.62 Å². The maximum absolute atomic E-state index is 12.7. The monoisotopic (exact) mass is 356 g/mol. The van der Waals surface area contributed by atoms with Crippen molar-refractivity contribution in [3.05, 3.63) is 0 Å². The molecule has 0 spiro atoms. The van der Waals surface area contributed by atoms with Crippen LogP contribution in [0.15, 0.2) is 0 Å². The van der Waals surface area contributed by atoms with Crippen LogP contribution in [0.3, 0.4) is 0 Å². The molecule has 5 fully saturated rings. The number of hydrogen-bond donors (Lipinski definition) is 2. The lowest BCUT2D eigenvalue weighted by Crippen LogP contribution is -2.63. The Kier molecular flexibility index (Phi) is 3.62. The molecule has 4 saturated carbocycles. The second-order valence-electron chi connectivity index (χ2n) is 9.14. The lowest BCUT2D eigenvalue weighted by molar-refractivity contribution is -0.192. The van der Waals surface area contributed by atoms with Gasteiger partial charge in [-0.25, -0.2) is 13.1 Å². The number of nitrogens with zero attached hydrogens (tertiary/aromatic N) is 1. The Balaban J connectivity index is 1.38. The molecule has 6 nitrogen and oxygen atoms in total. The molecule has 1 heterocycles. The SMILES string of the molecule is CC1(CC(=O)N2CC(NS(C)(=O)=O)C2)C2CC3CC1CC(O)(C3)C2. The van der Waals surface area contributed by atoms with Crippen molar-refractivity contribution in [2.45, 2.75) is 57.1 Å². The van der Waals surface area contributed by atoms with E-state index in [9.17, 15) is 18.3 Å². The molecule has 5 aliphatic rings. The maximum Gasteiger partial charge on any atom is 0.223 e. The number of likely N-dealkylation sites (tertiary alicyclic amines) is 1. The summed E-state index contributed by atoms with van der Waals surface area (Å²) in [6.07, 6.45) is 6.65. The minimum Gasteiger partial charge on any atom is -0.390 e. The van der Waals surface area contributed by atoms with Crippen molar-refractivity contribution >= 4 is 15.9 Å². The standard InChI is InChI=1S/C17H28N2O4S/c1-16(8-15(20)19-9-14(10-19)18-24(2,22)23)12-3-11-4-13(16)7-17(21,5-11)6-12/h11-14,18,21H,3-10H2,1-2H3. The first-order valence-corrected chi connectivity index (χ1v) is 10.9. The minimum atomic E-state index is -3.21. The number of carbonyl (C=O) groups excluding carboxylic acids is 1. The summed E-state index contributed by atoms with van der Waals surface area (Å²) in [6, 6.07) is -0.143. The third kappa shape index (κ3) is 2.78. The first-order valence-electron chi connectivity index (χ1n) is 9.04. The Morgan fingerprint density at radius 2 is 1.79 bits per heavy atom. The van der Waals surface area contributed by atoms with Crippen molar-refractivity contribution in [3.8, 4) is 0 Å². The van der Waals surface area contributed by atoms with Gasteiger partial charge in [-0.15, -0.1) is 0 Å². The Bertz CT molecular complexity index is 640. The summed E-state index contributed by atoms with van der Waals surface area (Å²) in [5.74, 6) is 1.68. The number of nitrogens with one attached hydrogen (secondary N) is 1. The maximum atomic E-state index is 12.7. The van der Waals surface area contributed by atoms with Gasteiger partial charge in [0.25, 0.3) is 0 Å². The fourth-order valence-corrected chi connectivity index (χ4v) is 6.82. The highest BCUT2D eigenvalue weighted by Gasteiger charge is 2.60. The molecule has 4 aliphatic carbocycles. The molecular formula is C17H28N2O4S. The molecule has 0 aromatic heterocycles. The normalized spacial score (nSPS) is 44.6. The summed E-state index contributed by atoms with van der Waals surface area (Å²) >= 11 is 0. The molecule has 2 unspecified atom stereocenters. The molecule has 1 saturated heterocycles. The highest BCUT2D eigenvalue weighted by Crippen LogP contribution is 2.64. The number of hydrogen-bond acceptors (Lipinski definition) is 4. The summed E-state index contributed by atoms with van der Waals surface area (Å²) in [7, 11) is -3.21. The summed E-state index contributed by atoms with van der Waals surface area (Å²) in [5.41, 5.74) is -0.476. The summed E-state index contributed by atoms with van der Waals surface area (Å²) in [4.78, 5) is 14.5. The predicted octanol–water partition coefficient (Wildman–Crippen LogP) is 0.714. The first-order chi connectivity index (χ1) is 11.1. The van der Waals surface area contributed by atoms with Gasteiger partial charge >= 0.3 is 0 Å². The van der Waals surface area contributed by atoms with Gasteiger partial charge in [-0.3, -0.25) is 4.79 Å². The zero-order valence-electron chi connectivity index (χ0n) is 14.5. The Labute approximate surface area is 144 Å². The van der Waals surface area contributed by atoms with E-state index in [1.54, 1.807) is 4.90 Å². The van der Waals surface area contributed by atoms with Crippen LogP contribution < -0.4 is 4.72 Å². The zero-order valence-corrected chi connectivity index (χ0v) is 15.3. The van der Waals surface area contributed by atoms with Crippen molar-refractivity contribution in [3.63, 3.8) is 0 Å². The highest BCUT2D eigenvalue weighted by atomic mass is 32.2. The van der Waals surface area contributed by atoms with Gasteiger partial charge in [-0.2, -0.15) is 0 Å². The lowest BCUT2D eigenvalue weighted by atomic mass is 9.44. The summed E-state index contributed by atoms with van der Waals surface area (Å²) in [5, 5.41) is 10.7. The van der Waals surface area contributed by atoms with E-state index in [0.29, 0.717) is 37.3 Å². The molecule has 136 valence electrons. The molecule has 2 N–H and O–H groups in total. The first kappa shape index (κ1) is 16.8. The quantitative estimate of drug-likeness (QED) is 0.777.